The van der Waals surface area contributed by atoms with Crippen molar-refractivity contribution in [2.75, 3.05) is 24.2 Å². The van der Waals surface area contributed by atoms with E-state index in [1.807, 2.05) is 48.5 Å². The number of carbonyl (C=O) groups is 2. The molecule has 0 radical (unpaired) electrons. The summed E-state index contributed by atoms with van der Waals surface area (Å²) in [6.45, 7) is 1.81. The predicted octanol–water partition coefficient (Wildman–Crippen LogP) is 3.61. The zero-order valence-corrected chi connectivity index (χ0v) is 16.3. The summed E-state index contributed by atoms with van der Waals surface area (Å²) in [5, 5.41) is 16.6. The molecule has 0 aromatic heterocycles. The summed E-state index contributed by atoms with van der Waals surface area (Å²) >= 11 is 0. The van der Waals surface area contributed by atoms with Crippen LogP contribution in [0.2, 0.25) is 0 Å². The van der Waals surface area contributed by atoms with Crippen molar-refractivity contribution < 1.29 is 9.59 Å². The molecule has 2 amide bonds. The highest BCUT2D eigenvalue weighted by atomic mass is 16.2. The molecule has 3 aromatic carbocycles. The van der Waals surface area contributed by atoms with Crippen molar-refractivity contribution in [3.63, 3.8) is 0 Å². The zero-order chi connectivity index (χ0) is 20.8. The van der Waals surface area contributed by atoms with E-state index in [4.69, 9.17) is 5.26 Å². The van der Waals surface area contributed by atoms with Crippen molar-refractivity contribution in [1.29, 1.82) is 5.26 Å². The number of anilines is 2. The second kappa shape index (κ2) is 9.00. The minimum atomic E-state index is -0.510. The van der Waals surface area contributed by atoms with E-state index in [-0.39, 0.29) is 18.4 Å². The van der Waals surface area contributed by atoms with Crippen LogP contribution in [0.15, 0.2) is 66.7 Å². The van der Waals surface area contributed by atoms with Crippen LogP contribution in [0.25, 0.3) is 10.8 Å². The second-order valence-corrected chi connectivity index (χ2v) is 6.84. The van der Waals surface area contributed by atoms with E-state index in [1.165, 1.54) is 0 Å². The number of amides is 2. The van der Waals surface area contributed by atoms with Crippen LogP contribution in [0.1, 0.15) is 12.5 Å². The van der Waals surface area contributed by atoms with Crippen LogP contribution in [0, 0.1) is 11.3 Å². The van der Waals surface area contributed by atoms with Crippen LogP contribution in [0.4, 0.5) is 11.4 Å². The van der Waals surface area contributed by atoms with E-state index in [1.54, 1.807) is 43.1 Å². The monoisotopic (exact) mass is 386 g/mol. The van der Waals surface area contributed by atoms with E-state index >= 15 is 0 Å². The van der Waals surface area contributed by atoms with Gasteiger partial charge in [-0.2, -0.15) is 5.26 Å². The molecule has 6 heteroatoms. The first kappa shape index (κ1) is 20.1. The summed E-state index contributed by atoms with van der Waals surface area (Å²) in [6.07, 6.45) is 0. The fourth-order valence-corrected chi connectivity index (χ4v) is 2.96. The van der Waals surface area contributed by atoms with Gasteiger partial charge in [0.25, 0.3) is 0 Å². The van der Waals surface area contributed by atoms with Gasteiger partial charge in [0.05, 0.1) is 24.2 Å². The van der Waals surface area contributed by atoms with Crippen LogP contribution in [0.5, 0.6) is 0 Å². The normalized spacial score (nSPS) is 11.7. The lowest BCUT2D eigenvalue weighted by Gasteiger charge is -2.23. The number of fused-ring (bicyclic) bond motifs is 1. The standard InChI is InChI=1S/C23H22N4O2/c1-16(23(29)25-19-12-10-17(14-24)11-13-19)27(2)15-22(28)26-21-9-5-7-18-6-3-4-8-20(18)21/h3-13,16H,15H2,1-2H3,(H,25,29)(H,26,28)/t16-/m0/s1. The number of nitrogens with one attached hydrogen (secondary N) is 2. The number of rotatable bonds is 6. The summed E-state index contributed by atoms with van der Waals surface area (Å²) < 4.78 is 0. The van der Waals surface area contributed by atoms with E-state index < -0.39 is 6.04 Å². The lowest BCUT2D eigenvalue weighted by atomic mass is 10.1. The third kappa shape index (κ3) is 4.98. The molecule has 146 valence electrons. The highest BCUT2D eigenvalue weighted by Crippen LogP contribution is 2.22. The molecule has 0 saturated carbocycles. The summed E-state index contributed by atoms with van der Waals surface area (Å²) in [5.74, 6) is -0.419. The molecular formula is C23H22N4O2. The average Bonchev–Trinajstić information content (AvgIpc) is 2.73. The first-order chi connectivity index (χ1) is 14.0. The van der Waals surface area contributed by atoms with Crippen molar-refractivity contribution in [2.45, 2.75) is 13.0 Å². The van der Waals surface area contributed by atoms with Gasteiger partial charge < -0.3 is 10.6 Å². The van der Waals surface area contributed by atoms with Crippen molar-refractivity contribution in [2.24, 2.45) is 0 Å². The topological polar surface area (TPSA) is 85.2 Å². The summed E-state index contributed by atoms with van der Waals surface area (Å²) in [7, 11) is 1.73. The van der Waals surface area contributed by atoms with Gasteiger partial charge in [-0.1, -0.05) is 36.4 Å². The highest BCUT2D eigenvalue weighted by molar-refractivity contribution is 6.03. The van der Waals surface area contributed by atoms with Gasteiger partial charge in [-0.15, -0.1) is 0 Å². The van der Waals surface area contributed by atoms with Crippen molar-refractivity contribution in [3.05, 3.63) is 72.3 Å². The van der Waals surface area contributed by atoms with Gasteiger partial charge in [0.15, 0.2) is 0 Å². The zero-order valence-electron chi connectivity index (χ0n) is 16.3. The minimum absolute atomic E-state index is 0.0746. The molecule has 0 unspecified atom stereocenters. The summed E-state index contributed by atoms with van der Waals surface area (Å²) in [5.41, 5.74) is 1.88. The number of likely N-dealkylation sites (N-methyl/N-ethyl adjacent to an activating group) is 1. The van der Waals surface area contributed by atoms with Gasteiger partial charge in [0.2, 0.25) is 11.8 Å². The van der Waals surface area contributed by atoms with Gasteiger partial charge in [-0.25, -0.2) is 0 Å². The molecule has 0 aliphatic carbocycles. The Balaban J connectivity index is 1.59. The number of hydrogen-bond acceptors (Lipinski definition) is 4. The molecule has 3 rings (SSSR count). The van der Waals surface area contributed by atoms with Crippen molar-refractivity contribution in [1.82, 2.24) is 4.90 Å². The quantitative estimate of drug-likeness (QED) is 0.678. The summed E-state index contributed by atoms with van der Waals surface area (Å²) in [6, 6.07) is 21.8. The summed E-state index contributed by atoms with van der Waals surface area (Å²) in [4.78, 5) is 26.7. The van der Waals surface area contributed by atoms with Crippen LogP contribution in [-0.4, -0.2) is 36.3 Å². The molecule has 0 bridgehead atoms. The van der Waals surface area contributed by atoms with Gasteiger partial charge in [0, 0.05) is 16.8 Å². The molecule has 29 heavy (non-hydrogen) atoms. The maximum absolute atomic E-state index is 12.5. The van der Waals surface area contributed by atoms with Crippen molar-refractivity contribution in [3.8, 4) is 6.07 Å². The maximum Gasteiger partial charge on any atom is 0.241 e. The minimum Gasteiger partial charge on any atom is -0.325 e. The van der Waals surface area contributed by atoms with Crippen LogP contribution in [-0.2, 0) is 9.59 Å². The Hall–Kier alpha value is -3.69. The lowest BCUT2D eigenvalue weighted by molar-refractivity contribution is -0.122. The fourth-order valence-electron chi connectivity index (χ4n) is 2.96. The predicted molar refractivity (Wildman–Crippen MR) is 114 cm³/mol. The number of nitrogens with zero attached hydrogens (tertiary/aromatic N) is 2. The molecule has 3 aromatic rings. The molecule has 6 nitrogen and oxygen atoms in total. The Morgan fingerprint density at radius 3 is 2.41 bits per heavy atom. The fraction of sp³-hybridized carbons (Fsp3) is 0.174. The van der Waals surface area contributed by atoms with Gasteiger partial charge >= 0.3 is 0 Å². The Kier molecular flexibility index (Phi) is 6.22. The van der Waals surface area contributed by atoms with E-state index in [9.17, 15) is 9.59 Å². The molecular weight excluding hydrogens is 364 g/mol. The third-order valence-electron chi connectivity index (χ3n) is 4.78. The maximum atomic E-state index is 12.5. The number of nitriles is 1. The largest absolute Gasteiger partial charge is 0.325 e. The Morgan fingerprint density at radius 2 is 1.69 bits per heavy atom. The first-order valence-corrected chi connectivity index (χ1v) is 9.27. The molecule has 0 aliphatic rings. The molecule has 0 aliphatic heterocycles. The first-order valence-electron chi connectivity index (χ1n) is 9.27. The van der Waals surface area contributed by atoms with E-state index in [0.717, 1.165) is 16.5 Å². The van der Waals surface area contributed by atoms with E-state index in [0.29, 0.717) is 11.3 Å². The number of hydrogen-bond donors (Lipinski definition) is 2. The molecule has 2 N–H and O–H groups in total. The molecule has 0 spiro atoms. The van der Waals surface area contributed by atoms with Crippen LogP contribution >= 0.6 is 0 Å². The number of benzene rings is 3. The van der Waals surface area contributed by atoms with E-state index in [2.05, 4.69) is 10.6 Å². The lowest BCUT2D eigenvalue weighted by Crippen LogP contribution is -2.43. The molecule has 0 saturated heterocycles. The van der Waals surface area contributed by atoms with Gasteiger partial charge in [-0.3, -0.25) is 14.5 Å². The number of carbonyl (C=O) groups excluding carboxylic acids is 2. The Labute approximate surface area is 169 Å². The average molecular weight is 386 g/mol. The Bertz CT molecular complexity index is 1060. The highest BCUT2D eigenvalue weighted by Gasteiger charge is 2.20. The molecule has 0 heterocycles. The molecule has 0 fully saturated rings. The SMILES string of the molecule is C[C@@H](C(=O)Nc1ccc(C#N)cc1)N(C)CC(=O)Nc1cccc2ccccc12. The molecule has 1 atom stereocenters. The van der Waals surface area contributed by atoms with Crippen LogP contribution < -0.4 is 10.6 Å². The van der Waals surface area contributed by atoms with Crippen molar-refractivity contribution >= 4 is 34.0 Å². The van der Waals surface area contributed by atoms with Crippen LogP contribution in [0.3, 0.4) is 0 Å². The van der Waals surface area contributed by atoms with Gasteiger partial charge in [-0.05, 0) is 49.7 Å². The third-order valence-corrected chi connectivity index (χ3v) is 4.78. The Morgan fingerprint density at radius 1 is 1.00 bits per heavy atom. The second-order valence-electron chi connectivity index (χ2n) is 6.84. The smallest absolute Gasteiger partial charge is 0.241 e. The van der Waals surface area contributed by atoms with Gasteiger partial charge in [0.1, 0.15) is 0 Å².